The third kappa shape index (κ3) is 4.03. The lowest BCUT2D eigenvalue weighted by Gasteiger charge is -2.33. The lowest BCUT2D eigenvalue weighted by Crippen LogP contribution is -2.45. The smallest absolute Gasteiger partial charge is 0.341 e. The van der Waals surface area contributed by atoms with Crippen LogP contribution in [0.4, 0.5) is 0 Å². The summed E-state index contributed by atoms with van der Waals surface area (Å²) in [5, 5.41) is 3.37. The minimum Gasteiger partial charge on any atom is -0.467 e. The lowest BCUT2D eigenvalue weighted by molar-refractivity contribution is 0.0593. The molecule has 0 saturated carbocycles. The molecule has 2 aromatic rings. The SMILES string of the molecule is CCc1nc(CN2CCN(Cc3occc3C(=O)OC)CC2)cs1. The molecule has 1 aliphatic heterocycles. The van der Waals surface area contributed by atoms with Gasteiger partial charge >= 0.3 is 5.97 Å². The molecular weight excluding hydrogens is 326 g/mol. The number of thiazole rings is 1. The average molecular weight is 349 g/mol. The van der Waals surface area contributed by atoms with E-state index >= 15 is 0 Å². The van der Waals surface area contributed by atoms with Crippen LogP contribution in [0.15, 0.2) is 22.1 Å². The fourth-order valence-corrected chi connectivity index (χ4v) is 3.61. The van der Waals surface area contributed by atoms with Crippen molar-refractivity contribution in [2.45, 2.75) is 26.4 Å². The van der Waals surface area contributed by atoms with Gasteiger partial charge in [0.05, 0.1) is 30.6 Å². The molecule has 0 N–H and O–H groups in total. The largest absolute Gasteiger partial charge is 0.467 e. The van der Waals surface area contributed by atoms with Gasteiger partial charge in [0, 0.05) is 38.1 Å². The topological polar surface area (TPSA) is 58.8 Å². The van der Waals surface area contributed by atoms with E-state index in [2.05, 4.69) is 27.1 Å². The highest BCUT2D eigenvalue weighted by molar-refractivity contribution is 7.09. The third-order valence-corrected chi connectivity index (χ3v) is 5.31. The first-order valence-corrected chi connectivity index (χ1v) is 9.10. The molecule has 0 spiro atoms. The fraction of sp³-hybridized carbons (Fsp3) is 0.529. The van der Waals surface area contributed by atoms with Crippen molar-refractivity contribution in [3.63, 3.8) is 0 Å². The zero-order chi connectivity index (χ0) is 16.9. The van der Waals surface area contributed by atoms with Crippen LogP contribution < -0.4 is 0 Å². The molecule has 3 heterocycles. The van der Waals surface area contributed by atoms with Crippen molar-refractivity contribution in [3.05, 3.63) is 39.7 Å². The maximum Gasteiger partial charge on any atom is 0.341 e. The molecule has 7 heteroatoms. The number of aromatic nitrogens is 1. The van der Waals surface area contributed by atoms with Crippen molar-refractivity contribution in [1.29, 1.82) is 0 Å². The van der Waals surface area contributed by atoms with Crippen LogP contribution >= 0.6 is 11.3 Å². The maximum atomic E-state index is 11.7. The number of furan rings is 1. The molecule has 1 aliphatic rings. The minimum atomic E-state index is -0.340. The summed E-state index contributed by atoms with van der Waals surface area (Å²) in [6.45, 7) is 7.58. The highest BCUT2D eigenvalue weighted by Crippen LogP contribution is 2.17. The van der Waals surface area contributed by atoms with Crippen molar-refractivity contribution in [1.82, 2.24) is 14.8 Å². The Bertz CT molecular complexity index is 674. The monoisotopic (exact) mass is 349 g/mol. The number of aryl methyl sites for hydroxylation is 1. The molecule has 1 fully saturated rings. The molecule has 0 atom stereocenters. The first kappa shape index (κ1) is 17.1. The van der Waals surface area contributed by atoms with Crippen LogP contribution in [-0.2, 0) is 24.2 Å². The van der Waals surface area contributed by atoms with Crippen LogP contribution in [0.2, 0.25) is 0 Å². The number of ether oxygens (including phenoxy) is 1. The van der Waals surface area contributed by atoms with Gasteiger partial charge in [-0.3, -0.25) is 9.80 Å². The first-order chi connectivity index (χ1) is 11.7. The molecule has 2 aromatic heterocycles. The molecule has 6 nitrogen and oxygen atoms in total. The summed E-state index contributed by atoms with van der Waals surface area (Å²) >= 11 is 1.74. The third-order valence-electron chi connectivity index (χ3n) is 4.27. The van der Waals surface area contributed by atoms with Gasteiger partial charge in [0.15, 0.2) is 0 Å². The number of nitrogens with zero attached hydrogens (tertiary/aromatic N) is 3. The summed E-state index contributed by atoms with van der Waals surface area (Å²) in [5.41, 5.74) is 1.69. The normalized spacial score (nSPS) is 16.4. The number of carbonyl (C=O) groups is 1. The standard InChI is InChI=1S/C17H23N3O3S/c1-3-16-18-13(12-24-16)10-19-5-7-20(8-6-19)11-15-14(4-9-23-15)17(21)22-2/h4,9,12H,3,5-8,10-11H2,1-2H3. The summed E-state index contributed by atoms with van der Waals surface area (Å²) in [7, 11) is 1.39. The summed E-state index contributed by atoms with van der Waals surface area (Å²) in [4.78, 5) is 21.1. The Kier molecular flexibility index (Phi) is 5.65. The molecule has 0 aliphatic carbocycles. The van der Waals surface area contributed by atoms with Gasteiger partial charge in [0.25, 0.3) is 0 Å². The van der Waals surface area contributed by atoms with Crippen molar-refractivity contribution < 1.29 is 13.9 Å². The number of methoxy groups -OCH3 is 1. The Balaban J connectivity index is 1.50. The summed E-state index contributed by atoms with van der Waals surface area (Å²) in [5.74, 6) is 0.343. The molecule has 0 bridgehead atoms. The molecule has 0 radical (unpaired) electrons. The van der Waals surface area contributed by atoms with Crippen LogP contribution in [0.3, 0.4) is 0 Å². The number of hydrogen-bond acceptors (Lipinski definition) is 7. The Labute approximate surface area is 146 Å². The Hall–Kier alpha value is -1.70. The van der Waals surface area contributed by atoms with Crippen LogP contribution in [0.1, 0.15) is 33.7 Å². The van der Waals surface area contributed by atoms with E-state index in [-0.39, 0.29) is 5.97 Å². The molecule has 1 saturated heterocycles. The van der Waals surface area contributed by atoms with Crippen LogP contribution in [0.25, 0.3) is 0 Å². The van der Waals surface area contributed by atoms with Gasteiger partial charge in [-0.25, -0.2) is 9.78 Å². The molecule has 0 amide bonds. The highest BCUT2D eigenvalue weighted by Gasteiger charge is 2.22. The number of piperazine rings is 1. The molecule has 24 heavy (non-hydrogen) atoms. The van der Waals surface area contributed by atoms with Crippen LogP contribution in [-0.4, -0.2) is 54.0 Å². The molecule has 0 aromatic carbocycles. The second-order valence-corrected chi connectivity index (χ2v) is 6.83. The number of rotatable bonds is 6. The average Bonchev–Trinajstić information content (AvgIpc) is 3.25. The summed E-state index contributed by atoms with van der Waals surface area (Å²) in [6, 6.07) is 1.67. The quantitative estimate of drug-likeness (QED) is 0.747. The van der Waals surface area contributed by atoms with Gasteiger partial charge in [0.1, 0.15) is 11.3 Å². The van der Waals surface area contributed by atoms with Crippen LogP contribution in [0, 0.1) is 0 Å². The van der Waals surface area contributed by atoms with Gasteiger partial charge in [-0.05, 0) is 12.5 Å². The van der Waals surface area contributed by atoms with E-state index in [0.717, 1.165) is 39.1 Å². The second kappa shape index (κ2) is 7.92. The van der Waals surface area contributed by atoms with Crippen molar-refractivity contribution in [2.75, 3.05) is 33.3 Å². The summed E-state index contributed by atoms with van der Waals surface area (Å²) < 4.78 is 10.3. The van der Waals surface area contributed by atoms with E-state index in [1.807, 2.05) is 0 Å². The fourth-order valence-electron chi connectivity index (χ4n) is 2.88. The van der Waals surface area contributed by atoms with Crippen molar-refractivity contribution >= 4 is 17.3 Å². The van der Waals surface area contributed by atoms with E-state index in [4.69, 9.17) is 9.15 Å². The van der Waals surface area contributed by atoms with Gasteiger partial charge < -0.3 is 9.15 Å². The van der Waals surface area contributed by atoms with E-state index in [1.54, 1.807) is 23.7 Å². The molecule has 3 rings (SSSR count). The zero-order valence-corrected chi connectivity index (χ0v) is 15.0. The predicted octanol–water partition coefficient (Wildman–Crippen LogP) is 2.40. The lowest BCUT2D eigenvalue weighted by atomic mass is 10.2. The second-order valence-electron chi connectivity index (χ2n) is 5.89. The first-order valence-electron chi connectivity index (χ1n) is 8.22. The number of hydrogen-bond donors (Lipinski definition) is 0. The molecule has 0 unspecified atom stereocenters. The minimum absolute atomic E-state index is 0.340. The number of esters is 1. The Morgan fingerprint density at radius 3 is 2.62 bits per heavy atom. The van der Waals surface area contributed by atoms with E-state index in [9.17, 15) is 4.79 Å². The molecular formula is C17H23N3O3S. The van der Waals surface area contributed by atoms with Crippen molar-refractivity contribution in [2.24, 2.45) is 0 Å². The Morgan fingerprint density at radius 2 is 2.00 bits per heavy atom. The van der Waals surface area contributed by atoms with Gasteiger partial charge in [-0.2, -0.15) is 0 Å². The van der Waals surface area contributed by atoms with Crippen LogP contribution in [0.5, 0.6) is 0 Å². The van der Waals surface area contributed by atoms with Gasteiger partial charge in [0.2, 0.25) is 0 Å². The zero-order valence-electron chi connectivity index (χ0n) is 14.2. The van der Waals surface area contributed by atoms with Gasteiger partial charge in [-0.1, -0.05) is 6.92 Å². The highest BCUT2D eigenvalue weighted by atomic mass is 32.1. The number of carbonyl (C=O) groups excluding carboxylic acids is 1. The van der Waals surface area contributed by atoms with E-state index < -0.39 is 0 Å². The van der Waals surface area contributed by atoms with E-state index in [0.29, 0.717) is 17.9 Å². The maximum absolute atomic E-state index is 11.7. The van der Waals surface area contributed by atoms with Gasteiger partial charge in [-0.15, -0.1) is 11.3 Å². The predicted molar refractivity (Wildman–Crippen MR) is 92.1 cm³/mol. The Morgan fingerprint density at radius 1 is 1.29 bits per heavy atom. The van der Waals surface area contributed by atoms with E-state index in [1.165, 1.54) is 17.8 Å². The molecule has 130 valence electrons. The van der Waals surface area contributed by atoms with Crippen molar-refractivity contribution in [3.8, 4) is 0 Å². The summed E-state index contributed by atoms with van der Waals surface area (Å²) in [6.07, 6.45) is 2.55.